The van der Waals surface area contributed by atoms with Crippen molar-refractivity contribution < 1.29 is 14.3 Å². The van der Waals surface area contributed by atoms with Crippen LogP contribution in [-0.2, 0) is 9.53 Å². The molecule has 186 valence electrons. The van der Waals surface area contributed by atoms with E-state index >= 15 is 0 Å². The number of aromatic nitrogens is 1. The van der Waals surface area contributed by atoms with Crippen molar-refractivity contribution in [2.24, 2.45) is 0 Å². The number of rotatable bonds is 5. The van der Waals surface area contributed by atoms with Gasteiger partial charge in [-0.3, -0.25) is 14.7 Å². The average Bonchev–Trinajstić information content (AvgIpc) is 3.58. The Morgan fingerprint density at radius 3 is 2.89 bits per heavy atom. The van der Waals surface area contributed by atoms with Crippen LogP contribution in [0, 0.1) is 11.3 Å². The minimum absolute atomic E-state index is 0.0580. The highest BCUT2D eigenvalue weighted by Gasteiger charge is 2.62. The van der Waals surface area contributed by atoms with Gasteiger partial charge in [-0.15, -0.1) is 0 Å². The number of carbonyl (C=O) groups excluding carboxylic acids is 2. The number of likely N-dealkylation sites (tertiary alicyclic amines) is 1. The highest BCUT2D eigenvalue weighted by molar-refractivity contribution is 7.80. The summed E-state index contributed by atoms with van der Waals surface area (Å²) in [4.78, 5) is 38.9. The van der Waals surface area contributed by atoms with Crippen molar-refractivity contribution in [1.29, 1.82) is 5.26 Å². The molecule has 3 amide bonds. The number of hydrogen-bond donors (Lipinski definition) is 1. The zero-order chi connectivity index (χ0) is 24.8. The smallest absolute Gasteiger partial charge is 0.332 e. The molecular weight excluding hydrogens is 478 g/mol. The van der Waals surface area contributed by atoms with Crippen LogP contribution in [0.2, 0.25) is 0 Å². The van der Waals surface area contributed by atoms with Gasteiger partial charge < -0.3 is 19.9 Å². The third-order valence-corrected chi connectivity index (χ3v) is 8.04. The van der Waals surface area contributed by atoms with Gasteiger partial charge in [0.15, 0.2) is 5.11 Å². The molecule has 1 unspecified atom stereocenters. The number of pyridine rings is 1. The first kappa shape index (κ1) is 23.1. The van der Waals surface area contributed by atoms with E-state index in [-0.39, 0.29) is 24.0 Å². The van der Waals surface area contributed by atoms with E-state index in [4.69, 9.17) is 17.0 Å². The molecule has 4 saturated heterocycles. The minimum atomic E-state index is -0.563. The van der Waals surface area contributed by atoms with Gasteiger partial charge in [0.05, 0.1) is 42.1 Å². The van der Waals surface area contributed by atoms with Crippen molar-refractivity contribution in [3.8, 4) is 6.07 Å². The molecule has 6 rings (SSSR count). The summed E-state index contributed by atoms with van der Waals surface area (Å²) in [5.74, 6) is -0.248. The molecule has 10 nitrogen and oxygen atoms in total. The predicted molar refractivity (Wildman–Crippen MR) is 136 cm³/mol. The Labute approximate surface area is 214 Å². The lowest BCUT2D eigenvalue weighted by Crippen LogP contribution is -2.57. The van der Waals surface area contributed by atoms with Crippen molar-refractivity contribution >= 4 is 45.9 Å². The number of hydrogen-bond acceptors (Lipinski definition) is 7. The Morgan fingerprint density at radius 1 is 1.25 bits per heavy atom. The number of ether oxygens (including phenoxy) is 1. The van der Waals surface area contributed by atoms with Gasteiger partial charge in [-0.2, -0.15) is 5.26 Å². The lowest BCUT2D eigenvalue weighted by Gasteiger charge is -2.36. The normalized spacial score (nSPS) is 25.5. The number of thiocarbonyl (C=S) groups is 1. The van der Waals surface area contributed by atoms with Gasteiger partial charge in [-0.1, -0.05) is 0 Å². The number of nitrogens with zero attached hydrogens (tertiary/aromatic N) is 6. The first-order chi connectivity index (χ1) is 17.6. The van der Waals surface area contributed by atoms with Gasteiger partial charge in [0.2, 0.25) is 0 Å². The maximum Gasteiger partial charge on any atom is 0.332 e. The summed E-state index contributed by atoms with van der Waals surface area (Å²) >= 11 is 5.70. The van der Waals surface area contributed by atoms with E-state index in [2.05, 4.69) is 26.2 Å². The van der Waals surface area contributed by atoms with Crippen LogP contribution in [0.5, 0.6) is 0 Å². The molecule has 0 aliphatic carbocycles. The van der Waals surface area contributed by atoms with Gasteiger partial charge in [-0.05, 0) is 55.9 Å². The Bertz CT molecular complexity index is 1270. The van der Waals surface area contributed by atoms with E-state index < -0.39 is 6.04 Å². The average molecular weight is 506 g/mol. The highest BCUT2D eigenvalue weighted by Crippen LogP contribution is 2.43. The molecule has 3 atom stereocenters. The second-order valence-corrected chi connectivity index (χ2v) is 9.99. The standard InChI is InChI=1S/C25H27N7O3S/c26-14-16-4-5-19(18-3-1-6-27-21(16)18)32-23(33)22-20-13-17(31(22)25(32)34)15-30(20)24(36)28-7-2-8-29-9-11-35-12-10-29/h1,3-6,17,20,22H,2,7-13,15H2,(H,28,36)/t17-,20?,22-/m1/s1. The molecular formula is C25H27N7O3S. The number of anilines is 1. The van der Waals surface area contributed by atoms with Crippen LogP contribution < -0.4 is 10.2 Å². The van der Waals surface area contributed by atoms with Crippen LogP contribution in [0.1, 0.15) is 18.4 Å². The summed E-state index contributed by atoms with van der Waals surface area (Å²) in [6, 6.07) is 7.88. The molecule has 11 heteroatoms. The van der Waals surface area contributed by atoms with Crippen molar-refractivity contribution in [2.45, 2.75) is 31.0 Å². The minimum Gasteiger partial charge on any atom is -0.379 e. The third-order valence-electron chi connectivity index (χ3n) is 7.66. The van der Waals surface area contributed by atoms with Crippen LogP contribution in [0.4, 0.5) is 10.5 Å². The molecule has 1 aromatic heterocycles. The van der Waals surface area contributed by atoms with Crippen molar-refractivity contribution in [1.82, 2.24) is 25.0 Å². The van der Waals surface area contributed by atoms with Gasteiger partial charge in [0, 0.05) is 37.8 Å². The molecule has 4 aliphatic heterocycles. The summed E-state index contributed by atoms with van der Waals surface area (Å²) in [6.45, 7) is 5.90. The molecule has 2 aromatic rings. The van der Waals surface area contributed by atoms with Crippen LogP contribution in [-0.4, -0.2) is 101 Å². The van der Waals surface area contributed by atoms with E-state index in [1.165, 1.54) is 4.90 Å². The van der Waals surface area contributed by atoms with E-state index in [9.17, 15) is 14.9 Å². The fourth-order valence-corrected chi connectivity index (χ4v) is 6.29. The Hall–Kier alpha value is -3.33. The maximum absolute atomic E-state index is 13.7. The van der Waals surface area contributed by atoms with E-state index in [1.54, 1.807) is 35.4 Å². The lowest BCUT2D eigenvalue weighted by atomic mass is 10.1. The summed E-state index contributed by atoms with van der Waals surface area (Å²) in [5.41, 5.74) is 1.36. The fourth-order valence-electron chi connectivity index (χ4n) is 5.98. The SMILES string of the molecule is N#Cc1ccc(N2C(=O)[C@H]3C4C[C@H](CN4C(=S)NCCCN4CCOCC4)N3C2=O)c2cccnc12. The quantitative estimate of drug-likeness (QED) is 0.366. The van der Waals surface area contributed by atoms with Crippen molar-refractivity contribution in [3.05, 3.63) is 36.0 Å². The molecule has 0 spiro atoms. The molecule has 4 aliphatic rings. The number of benzene rings is 1. The van der Waals surface area contributed by atoms with Crippen LogP contribution >= 0.6 is 12.2 Å². The highest BCUT2D eigenvalue weighted by atomic mass is 32.1. The second kappa shape index (κ2) is 9.28. The monoisotopic (exact) mass is 505 g/mol. The number of imide groups is 1. The van der Waals surface area contributed by atoms with Gasteiger partial charge in [0.1, 0.15) is 12.1 Å². The van der Waals surface area contributed by atoms with Crippen LogP contribution in [0.15, 0.2) is 30.5 Å². The molecule has 1 N–H and O–H groups in total. The maximum atomic E-state index is 13.7. The first-order valence-electron chi connectivity index (χ1n) is 12.4. The van der Waals surface area contributed by atoms with Gasteiger partial charge in [0.25, 0.3) is 5.91 Å². The van der Waals surface area contributed by atoms with Crippen LogP contribution in [0.3, 0.4) is 0 Å². The molecule has 5 heterocycles. The fraction of sp³-hybridized carbons (Fsp3) is 0.480. The summed E-state index contributed by atoms with van der Waals surface area (Å²) in [7, 11) is 0. The lowest BCUT2D eigenvalue weighted by molar-refractivity contribution is -0.120. The summed E-state index contributed by atoms with van der Waals surface area (Å²) < 4.78 is 5.40. The number of nitrogens with one attached hydrogen (secondary N) is 1. The number of carbonyl (C=O) groups is 2. The molecule has 36 heavy (non-hydrogen) atoms. The first-order valence-corrected chi connectivity index (χ1v) is 12.8. The van der Waals surface area contributed by atoms with Gasteiger partial charge >= 0.3 is 6.03 Å². The summed E-state index contributed by atoms with van der Waals surface area (Å²) in [6.07, 6.45) is 3.32. The Kier molecular flexibility index (Phi) is 5.95. The summed E-state index contributed by atoms with van der Waals surface area (Å²) in [5, 5.41) is 14.1. The van der Waals surface area contributed by atoms with Crippen molar-refractivity contribution in [2.75, 3.05) is 50.8 Å². The second-order valence-electron chi connectivity index (χ2n) is 9.60. The Balaban J connectivity index is 1.16. The van der Waals surface area contributed by atoms with Crippen molar-refractivity contribution in [3.63, 3.8) is 0 Å². The zero-order valence-corrected chi connectivity index (χ0v) is 20.6. The van der Waals surface area contributed by atoms with E-state index in [0.717, 1.165) is 52.2 Å². The van der Waals surface area contributed by atoms with Crippen LogP contribution in [0.25, 0.3) is 10.9 Å². The van der Waals surface area contributed by atoms with E-state index in [0.29, 0.717) is 33.8 Å². The molecule has 2 bridgehead atoms. The number of piperazine rings is 1. The molecule has 0 radical (unpaired) electrons. The largest absolute Gasteiger partial charge is 0.379 e. The predicted octanol–water partition coefficient (Wildman–Crippen LogP) is 1.30. The zero-order valence-electron chi connectivity index (χ0n) is 19.8. The van der Waals surface area contributed by atoms with Gasteiger partial charge in [-0.25, -0.2) is 9.69 Å². The Morgan fingerprint density at radius 2 is 2.08 bits per heavy atom. The molecule has 4 fully saturated rings. The third kappa shape index (κ3) is 3.68. The molecule has 1 aromatic carbocycles. The number of morpholine rings is 1. The number of urea groups is 1. The number of nitriles is 1. The van der Waals surface area contributed by atoms with E-state index in [1.807, 2.05) is 0 Å². The number of fused-ring (bicyclic) bond motifs is 6. The topological polar surface area (TPSA) is 105 Å². The molecule has 0 saturated carbocycles. The number of amides is 3.